The molecular formula is C15H12ClN3O. The van der Waals surface area contributed by atoms with Gasteiger partial charge in [0.15, 0.2) is 5.75 Å². The van der Waals surface area contributed by atoms with Crippen LogP contribution >= 0.6 is 11.6 Å². The average Bonchev–Trinajstić information content (AvgIpc) is 2.50. The third-order valence-corrected chi connectivity index (χ3v) is 3.59. The highest BCUT2D eigenvalue weighted by Crippen LogP contribution is 2.37. The van der Waals surface area contributed by atoms with Gasteiger partial charge in [0, 0.05) is 12.7 Å². The van der Waals surface area contributed by atoms with E-state index in [-0.39, 0.29) is 10.9 Å². The smallest absolute Gasteiger partial charge is 0.239 e. The van der Waals surface area contributed by atoms with Gasteiger partial charge in [-0.2, -0.15) is 5.26 Å². The molecule has 2 heterocycles. The van der Waals surface area contributed by atoms with Gasteiger partial charge in [0.25, 0.3) is 0 Å². The average molecular weight is 286 g/mol. The monoisotopic (exact) mass is 285 g/mol. The summed E-state index contributed by atoms with van der Waals surface area (Å²) in [5.41, 5.74) is 2.56. The Morgan fingerprint density at radius 3 is 3.10 bits per heavy atom. The van der Waals surface area contributed by atoms with E-state index in [1.807, 2.05) is 18.2 Å². The molecular weight excluding hydrogens is 274 g/mol. The number of rotatable bonds is 2. The van der Waals surface area contributed by atoms with Gasteiger partial charge in [0.2, 0.25) is 5.88 Å². The quantitative estimate of drug-likeness (QED) is 0.913. The third kappa shape index (κ3) is 2.28. The van der Waals surface area contributed by atoms with Gasteiger partial charge in [0.1, 0.15) is 11.1 Å². The second-order valence-corrected chi connectivity index (χ2v) is 4.89. The van der Waals surface area contributed by atoms with Gasteiger partial charge < -0.3 is 10.1 Å². The first-order valence-electron chi connectivity index (χ1n) is 6.38. The van der Waals surface area contributed by atoms with Crippen molar-refractivity contribution in [2.75, 3.05) is 11.9 Å². The molecule has 0 fully saturated rings. The Morgan fingerprint density at radius 2 is 2.25 bits per heavy atom. The summed E-state index contributed by atoms with van der Waals surface area (Å²) in [5.74, 6) is 0.943. The molecule has 20 heavy (non-hydrogen) atoms. The van der Waals surface area contributed by atoms with Crippen molar-refractivity contribution in [3.05, 3.63) is 46.6 Å². The van der Waals surface area contributed by atoms with Crippen LogP contribution in [0.1, 0.15) is 17.5 Å². The Kier molecular flexibility index (Phi) is 3.44. The fourth-order valence-corrected chi connectivity index (χ4v) is 2.44. The number of aromatic nitrogens is 1. The van der Waals surface area contributed by atoms with E-state index in [0.29, 0.717) is 11.3 Å². The molecule has 0 spiro atoms. The van der Waals surface area contributed by atoms with Crippen molar-refractivity contribution in [3.8, 4) is 17.7 Å². The fourth-order valence-electron chi connectivity index (χ4n) is 2.25. The van der Waals surface area contributed by atoms with E-state index in [1.54, 1.807) is 6.07 Å². The van der Waals surface area contributed by atoms with Crippen LogP contribution in [0.25, 0.3) is 0 Å². The molecule has 3 rings (SSSR count). The largest absolute Gasteiger partial charge is 0.435 e. The number of pyridine rings is 1. The first-order valence-corrected chi connectivity index (χ1v) is 6.75. The number of nitrogens with one attached hydrogen (secondary N) is 1. The first-order chi connectivity index (χ1) is 9.79. The normalized spacial score (nSPS) is 13.0. The van der Waals surface area contributed by atoms with Gasteiger partial charge in [0.05, 0.1) is 11.3 Å². The number of fused-ring (bicyclic) bond motifs is 1. The molecule has 1 aliphatic heterocycles. The molecule has 0 radical (unpaired) electrons. The number of halogens is 1. The zero-order valence-electron chi connectivity index (χ0n) is 10.7. The lowest BCUT2D eigenvalue weighted by Gasteiger charge is -2.20. The van der Waals surface area contributed by atoms with Gasteiger partial charge in [-0.25, -0.2) is 4.98 Å². The van der Waals surface area contributed by atoms with E-state index in [0.717, 1.165) is 25.1 Å². The van der Waals surface area contributed by atoms with Crippen LogP contribution in [0.3, 0.4) is 0 Å². The Bertz CT molecular complexity index is 694. The van der Waals surface area contributed by atoms with E-state index >= 15 is 0 Å². The van der Waals surface area contributed by atoms with Gasteiger partial charge in [-0.05, 0) is 30.5 Å². The van der Waals surface area contributed by atoms with Crippen LogP contribution in [-0.2, 0) is 6.42 Å². The number of anilines is 1. The molecule has 1 aromatic heterocycles. The maximum Gasteiger partial charge on any atom is 0.239 e. The first kappa shape index (κ1) is 12.8. The Morgan fingerprint density at radius 1 is 1.35 bits per heavy atom. The Labute approximate surface area is 122 Å². The molecule has 4 nitrogen and oxygen atoms in total. The van der Waals surface area contributed by atoms with Crippen LogP contribution in [-0.4, -0.2) is 11.5 Å². The summed E-state index contributed by atoms with van der Waals surface area (Å²) in [6.45, 7) is 0.923. The van der Waals surface area contributed by atoms with Crippen molar-refractivity contribution in [2.24, 2.45) is 0 Å². The summed E-state index contributed by atoms with van der Waals surface area (Å²) in [6, 6.07) is 9.47. The minimum absolute atomic E-state index is 0.239. The van der Waals surface area contributed by atoms with Crippen LogP contribution in [0.2, 0.25) is 5.02 Å². The summed E-state index contributed by atoms with van der Waals surface area (Å²) in [7, 11) is 0. The summed E-state index contributed by atoms with van der Waals surface area (Å²) in [4.78, 5) is 4.10. The van der Waals surface area contributed by atoms with Gasteiger partial charge in [-0.1, -0.05) is 23.7 Å². The molecule has 0 amide bonds. The van der Waals surface area contributed by atoms with Crippen LogP contribution in [0.15, 0.2) is 30.5 Å². The summed E-state index contributed by atoms with van der Waals surface area (Å²) in [5, 5.41) is 12.5. The zero-order chi connectivity index (χ0) is 13.9. The van der Waals surface area contributed by atoms with Gasteiger partial charge in [-0.3, -0.25) is 0 Å². The predicted molar refractivity (Wildman–Crippen MR) is 77.3 cm³/mol. The Hall–Kier alpha value is -2.25. The van der Waals surface area contributed by atoms with Gasteiger partial charge >= 0.3 is 0 Å². The second-order valence-electron chi connectivity index (χ2n) is 4.51. The molecule has 2 aromatic rings. The molecule has 0 saturated heterocycles. The lowest BCUT2D eigenvalue weighted by atomic mass is 10.0. The Balaban J connectivity index is 1.98. The highest BCUT2D eigenvalue weighted by atomic mass is 35.5. The zero-order valence-corrected chi connectivity index (χ0v) is 11.4. The molecule has 0 saturated carbocycles. The number of hydrogen-bond acceptors (Lipinski definition) is 4. The molecule has 1 aliphatic rings. The van der Waals surface area contributed by atoms with Crippen LogP contribution < -0.4 is 10.1 Å². The van der Waals surface area contributed by atoms with Crippen LogP contribution in [0.5, 0.6) is 11.6 Å². The molecule has 5 heteroatoms. The maximum absolute atomic E-state index is 8.97. The lowest BCUT2D eigenvalue weighted by Crippen LogP contribution is -2.12. The van der Waals surface area contributed by atoms with E-state index in [9.17, 15) is 0 Å². The maximum atomic E-state index is 8.97. The minimum atomic E-state index is 0.239. The third-order valence-electron chi connectivity index (χ3n) is 3.22. The highest BCUT2D eigenvalue weighted by Gasteiger charge is 2.16. The number of benzene rings is 1. The standard InChI is InChI=1S/C15H12ClN3O/c16-13-11(9-17)6-8-19-15(13)20-12-5-1-3-10-4-2-7-18-14(10)12/h1,3,5-6,8,18H,2,4,7H2. The molecule has 1 aromatic carbocycles. The highest BCUT2D eigenvalue weighted by molar-refractivity contribution is 6.33. The summed E-state index contributed by atoms with van der Waals surface area (Å²) < 4.78 is 5.79. The number of aryl methyl sites for hydroxylation is 1. The summed E-state index contributed by atoms with van der Waals surface area (Å²) >= 11 is 6.11. The minimum Gasteiger partial charge on any atom is -0.435 e. The fraction of sp³-hybridized carbons (Fsp3) is 0.200. The number of nitriles is 1. The molecule has 0 atom stereocenters. The van der Waals surface area contributed by atoms with E-state index < -0.39 is 0 Å². The molecule has 0 bridgehead atoms. The molecule has 100 valence electrons. The van der Waals surface area contributed by atoms with Gasteiger partial charge in [-0.15, -0.1) is 0 Å². The number of ether oxygens (including phenoxy) is 1. The van der Waals surface area contributed by atoms with E-state index in [1.165, 1.54) is 11.8 Å². The topological polar surface area (TPSA) is 57.9 Å². The second kappa shape index (κ2) is 5.40. The van der Waals surface area contributed by atoms with Crippen molar-refractivity contribution in [1.29, 1.82) is 5.26 Å². The van der Waals surface area contributed by atoms with Crippen molar-refractivity contribution in [2.45, 2.75) is 12.8 Å². The van der Waals surface area contributed by atoms with Crippen molar-refractivity contribution in [1.82, 2.24) is 4.98 Å². The number of para-hydroxylation sites is 1. The number of hydrogen-bond donors (Lipinski definition) is 1. The summed E-state index contributed by atoms with van der Waals surface area (Å²) in [6.07, 6.45) is 3.65. The van der Waals surface area contributed by atoms with Crippen molar-refractivity contribution in [3.63, 3.8) is 0 Å². The molecule has 0 aliphatic carbocycles. The predicted octanol–water partition coefficient (Wildman–Crippen LogP) is 3.76. The van der Waals surface area contributed by atoms with Crippen LogP contribution in [0.4, 0.5) is 5.69 Å². The SMILES string of the molecule is N#Cc1ccnc(Oc2cccc3c2NCCC3)c1Cl. The van der Waals surface area contributed by atoms with Crippen LogP contribution in [0, 0.1) is 11.3 Å². The van der Waals surface area contributed by atoms with Crippen molar-refractivity contribution >= 4 is 17.3 Å². The lowest BCUT2D eigenvalue weighted by molar-refractivity contribution is 0.463. The molecule has 0 unspecified atom stereocenters. The molecule has 1 N–H and O–H groups in total. The van der Waals surface area contributed by atoms with E-state index in [4.69, 9.17) is 21.6 Å². The number of nitrogens with zero attached hydrogens (tertiary/aromatic N) is 2. The van der Waals surface area contributed by atoms with E-state index in [2.05, 4.69) is 16.4 Å². The van der Waals surface area contributed by atoms with Crippen molar-refractivity contribution < 1.29 is 4.74 Å².